The third-order valence-electron chi connectivity index (χ3n) is 3.33. The molecule has 1 fully saturated rings. The molecular formula is C15H14N6O3S. The Morgan fingerprint density at radius 1 is 1.24 bits per heavy atom. The van der Waals surface area contributed by atoms with Crippen molar-refractivity contribution in [3.8, 4) is 0 Å². The average Bonchev–Trinajstić information content (AvgIpc) is 3.19. The van der Waals surface area contributed by atoms with Crippen molar-refractivity contribution in [2.45, 2.75) is 6.54 Å². The molecular weight excluding hydrogens is 344 g/mol. The van der Waals surface area contributed by atoms with Crippen LogP contribution in [-0.2, 0) is 16.1 Å². The van der Waals surface area contributed by atoms with Crippen LogP contribution in [-0.4, -0.2) is 55.3 Å². The third kappa shape index (κ3) is 4.29. The zero-order chi connectivity index (χ0) is 17.6. The van der Waals surface area contributed by atoms with Gasteiger partial charge in [0, 0.05) is 13.1 Å². The van der Waals surface area contributed by atoms with Crippen LogP contribution >= 0.6 is 11.8 Å². The normalized spacial score (nSPS) is 15.8. The number of thioether (sulfide) groups is 1. The number of imide groups is 1. The van der Waals surface area contributed by atoms with E-state index in [-0.39, 0.29) is 36.7 Å². The molecule has 25 heavy (non-hydrogen) atoms. The summed E-state index contributed by atoms with van der Waals surface area (Å²) < 4.78 is 1.28. The molecule has 128 valence electrons. The largest absolute Gasteiger partial charge is 0.353 e. The maximum absolute atomic E-state index is 12.3. The third-order valence-corrected chi connectivity index (χ3v) is 4.23. The van der Waals surface area contributed by atoms with E-state index in [4.69, 9.17) is 0 Å². The first-order valence-electron chi connectivity index (χ1n) is 7.41. The zero-order valence-electron chi connectivity index (χ0n) is 13.0. The predicted molar refractivity (Wildman–Crippen MR) is 89.9 cm³/mol. The van der Waals surface area contributed by atoms with Crippen LogP contribution in [0.3, 0.4) is 0 Å². The molecule has 0 unspecified atom stereocenters. The molecule has 0 bridgehead atoms. The molecule has 10 heteroatoms. The van der Waals surface area contributed by atoms with Gasteiger partial charge in [-0.1, -0.05) is 30.3 Å². The lowest BCUT2D eigenvalue weighted by molar-refractivity contribution is -0.124. The Bertz CT molecular complexity index is 806. The number of aromatic nitrogens is 4. The number of benzene rings is 1. The van der Waals surface area contributed by atoms with Crippen molar-refractivity contribution in [2.75, 3.05) is 13.1 Å². The van der Waals surface area contributed by atoms with Gasteiger partial charge in [-0.2, -0.15) is 0 Å². The number of carbonyl (C=O) groups excluding carboxylic acids is 3. The van der Waals surface area contributed by atoms with Crippen LogP contribution in [0.1, 0.15) is 5.56 Å². The number of carbonyl (C=O) groups is 3. The molecule has 0 spiro atoms. The lowest BCUT2D eigenvalue weighted by Gasteiger charge is -2.12. The molecule has 1 aromatic heterocycles. The van der Waals surface area contributed by atoms with Gasteiger partial charge in [0.1, 0.15) is 12.9 Å². The van der Waals surface area contributed by atoms with Gasteiger partial charge < -0.3 is 5.32 Å². The fourth-order valence-corrected chi connectivity index (χ4v) is 3.02. The molecule has 1 saturated heterocycles. The first kappa shape index (κ1) is 16.8. The molecule has 0 aliphatic carbocycles. The summed E-state index contributed by atoms with van der Waals surface area (Å²) in [6.45, 7) is 0.249. The fraction of sp³-hybridized carbons (Fsp3) is 0.200. The Kier molecular flexibility index (Phi) is 5.19. The van der Waals surface area contributed by atoms with Crippen molar-refractivity contribution >= 4 is 34.9 Å². The molecule has 3 rings (SSSR count). The highest BCUT2D eigenvalue weighted by atomic mass is 32.2. The summed E-state index contributed by atoms with van der Waals surface area (Å²) in [7, 11) is 0. The minimum Gasteiger partial charge on any atom is -0.353 e. The van der Waals surface area contributed by atoms with Crippen molar-refractivity contribution in [3.05, 3.63) is 47.1 Å². The van der Waals surface area contributed by atoms with Gasteiger partial charge >= 0.3 is 0 Å². The Labute approximate surface area is 147 Å². The van der Waals surface area contributed by atoms with Crippen LogP contribution in [0.5, 0.6) is 0 Å². The molecule has 1 aromatic carbocycles. The van der Waals surface area contributed by atoms with Crippen LogP contribution in [0, 0.1) is 0 Å². The summed E-state index contributed by atoms with van der Waals surface area (Å²) in [5.41, 5.74) is 0.850. The maximum atomic E-state index is 12.3. The van der Waals surface area contributed by atoms with Crippen molar-refractivity contribution in [1.82, 2.24) is 30.4 Å². The highest BCUT2D eigenvalue weighted by molar-refractivity contribution is 8.18. The number of nitrogens with one attached hydrogen (secondary N) is 1. The van der Waals surface area contributed by atoms with Gasteiger partial charge in [-0.25, -0.2) is 4.68 Å². The second-order valence-corrected chi connectivity index (χ2v) is 6.09. The topological polar surface area (TPSA) is 110 Å². The molecule has 2 aromatic rings. The number of amides is 3. The summed E-state index contributed by atoms with van der Waals surface area (Å²) in [4.78, 5) is 37.5. The summed E-state index contributed by atoms with van der Waals surface area (Å²) in [5.74, 6) is -0.660. The van der Waals surface area contributed by atoms with E-state index >= 15 is 0 Å². The van der Waals surface area contributed by atoms with Gasteiger partial charge in [0.05, 0.1) is 4.91 Å². The van der Waals surface area contributed by atoms with Crippen LogP contribution in [0.4, 0.5) is 4.79 Å². The van der Waals surface area contributed by atoms with Crippen LogP contribution in [0.25, 0.3) is 6.08 Å². The Morgan fingerprint density at radius 3 is 2.76 bits per heavy atom. The minimum absolute atomic E-state index is 0.0250. The van der Waals surface area contributed by atoms with E-state index in [1.807, 2.05) is 30.3 Å². The van der Waals surface area contributed by atoms with E-state index in [1.54, 1.807) is 6.08 Å². The highest BCUT2D eigenvalue weighted by Gasteiger charge is 2.34. The number of nitrogens with zero attached hydrogens (tertiary/aromatic N) is 5. The highest BCUT2D eigenvalue weighted by Crippen LogP contribution is 2.31. The smallest absolute Gasteiger partial charge is 0.293 e. The van der Waals surface area contributed by atoms with Gasteiger partial charge in [-0.15, -0.1) is 5.10 Å². The van der Waals surface area contributed by atoms with Crippen molar-refractivity contribution in [3.63, 3.8) is 0 Å². The van der Waals surface area contributed by atoms with Gasteiger partial charge in [0.15, 0.2) is 0 Å². The Morgan fingerprint density at radius 2 is 2.04 bits per heavy atom. The van der Waals surface area contributed by atoms with E-state index in [9.17, 15) is 14.4 Å². The molecule has 1 N–H and O–H groups in total. The molecule has 1 aliphatic rings. The first-order valence-corrected chi connectivity index (χ1v) is 8.23. The molecule has 9 nitrogen and oxygen atoms in total. The molecule has 2 heterocycles. The lowest BCUT2D eigenvalue weighted by atomic mass is 10.2. The molecule has 0 atom stereocenters. The van der Waals surface area contributed by atoms with Gasteiger partial charge in [-0.05, 0) is 33.8 Å². The summed E-state index contributed by atoms with van der Waals surface area (Å²) in [6, 6.07) is 9.30. The predicted octanol–water partition coefficient (Wildman–Crippen LogP) is 0.526. The van der Waals surface area contributed by atoms with Crippen LogP contribution < -0.4 is 5.32 Å². The minimum atomic E-state index is -0.353. The van der Waals surface area contributed by atoms with E-state index in [2.05, 4.69) is 20.8 Å². The zero-order valence-corrected chi connectivity index (χ0v) is 13.8. The van der Waals surface area contributed by atoms with Crippen molar-refractivity contribution < 1.29 is 14.4 Å². The summed E-state index contributed by atoms with van der Waals surface area (Å²) in [5, 5.41) is 12.7. The number of hydrogen-bond acceptors (Lipinski definition) is 7. The van der Waals surface area contributed by atoms with E-state index in [0.29, 0.717) is 4.91 Å². The maximum Gasteiger partial charge on any atom is 0.293 e. The SMILES string of the molecule is O=C(Cn1cnnn1)NCCN1C(=O)S/C(=C/c2ccccc2)C1=O. The van der Waals surface area contributed by atoms with Crippen LogP contribution in [0.2, 0.25) is 0 Å². The fourth-order valence-electron chi connectivity index (χ4n) is 2.16. The number of rotatable bonds is 6. The number of tetrazole rings is 1. The van der Waals surface area contributed by atoms with Gasteiger partial charge in [0.25, 0.3) is 11.1 Å². The Hall–Kier alpha value is -3.01. The van der Waals surface area contributed by atoms with E-state index in [0.717, 1.165) is 22.2 Å². The van der Waals surface area contributed by atoms with Gasteiger partial charge in [0.2, 0.25) is 5.91 Å². The first-order chi connectivity index (χ1) is 12.1. The quantitative estimate of drug-likeness (QED) is 0.750. The van der Waals surface area contributed by atoms with E-state index < -0.39 is 0 Å². The second-order valence-electron chi connectivity index (χ2n) is 5.10. The Balaban J connectivity index is 1.53. The van der Waals surface area contributed by atoms with Crippen molar-refractivity contribution in [2.24, 2.45) is 0 Å². The average molecular weight is 358 g/mol. The second kappa shape index (κ2) is 7.71. The standard InChI is InChI=1S/C15H14N6O3S/c22-13(9-20-10-17-18-19-20)16-6-7-21-14(23)12(25-15(21)24)8-11-4-2-1-3-5-11/h1-5,8,10H,6-7,9H2,(H,16,22)/b12-8+. The van der Waals surface area contributed by atoms with E-state index in [1.165, 1.54) is 11.0 Å². The molecule has 3 amide bonds. The lowest BCUT2D eigenvalue weighted by Crippen LogP contribution is -2.38. The molecule has 0 saturated carbocycles. The molecule has 0 radical (unpaired) electrons. The monoisotopic (exact) mass is 358 g/mol. The molecule has 1 aliphatic heterocycles. The van der Waals surface area contributed by atoms with Crippen molar-refractivity contribution in [1.29, 1.82) is 0 Å². The number of hydrogen-bond donors (Lipinski definition) is 1. The van der Waals surface area contributed by atoms with Crippen LogP contribution in [0.15, 0.2) is 41.6 Å². The summed E-state index contributed by atoms with van der Waals surface area (Å²) in [6.07, 6.45) is 3.01. The summed E-state index contributed by atoms with van der Waals surface area (Å²) >= 11 is 0.894. The van der Waals surface area contributed by atoms with Gasteiger partial charge in [-0.3, -0.25) is 19.3 Å².